The first-order valence-corrected chi connectivity index (χ1v) is 6.30. The molecule has 0 bridgehead atoms. The summed E-state index contributed by atoms with van der Waals surface area (Å²) in [5.74, 6) is -1.16. The van der Waals surface area contributed by atoms with E-state index < -0.39 is 18.0 Å². The molecule has 1 unspecified atom stereocenters. The molecule has 7 heteroatoms. The van der Waals surface area contributed by atoms with Crippen LogP contribution in [0.2, 0.25) is 0 Å². The van der Waals surface area contributed by atoms with Crippen LogP contribution in [0.25, 0.3) is 0 Å². The lowest BCUT2D eigenvalue weighted by atomic mass is 10.1. The minimum Gasteiger partial charge on any atom is -0.478 e. The third-order valence-electron chi connectivity index (χ3n) is 3.13. The summed E-state index contributed by atoms with van der Waals surface area (Å²) in [7, 11) is 0. The van der Waals surface area contributed by atoms with Crippen LogP contribution in [0.5, 0.6) is 5.75 Å². The summed E-state index contributed by atoms with van der Waals surface area (Å²) in [6, 6.07) is 8.28. The topological polar surface area (TPSA) is 92.9 Å². The maximum atomic E-state index is 12.5. The van der Waals surface area contributed by atoms with E-state index >= 15 is 0 Å². The number of aliphatic carboxylic acids is 1. The van der Waals surface area contributed by atoms with Gasteiger partial charge in [0.15, 0.2) is 0 Å². The summed E-state index contributed by atoms with van der Waals surface area (Å²) in [6.07, 6.45) is -1.12. The van der Waals surface area contributed by atoms with Crippen LogP contribution >= 0.6 is 0 Å². The van der Waals surface area contributed by atoms with E-state index in [-0.39, 0.29) is 12.3 Å². The molecule has 1 aromatic carbocycles. The van der Waals surface area contributed by atoms with Gasteiger partial charge in [0.05, 0.1) is 17.9 Å². The molecule has 21 heavy (non-hydrogen) atoms. The molecule has 0 saturated heterocycles. The van der Waals surface area contributed by atoms with Crippen LogP contribution < -0.4 is 9.64 Å². The fourth-order valence-corrected chi connectivity index (χ4v) is 2.15. The molecule has 108 valence electrons. The molecule has 0 fully saturated rings. The standard InChI is InChI=1S/C14H12N2O5/c1-8-6-11(21-15-8)13(17)16-7-12(14(18)19)20-10-5-3-2-4-9(10)16/h2-6,12H,7H2,1H3,(H,18,19). The lowest BCUT2D eigenvalue weighted by molar-refractivity contribution is -0.144. The fourth-order valence-electron chi connectivity index (χ4n) is 2.15. The molecule has 0 aliphatic carbocycles. The first-order valence-electron chi connectivity index (χ1n) is 6.30. The molecule has 1 aliphatic heterocycles. The van der Waals surface area contributed by atoms with E-state index in [1.807, 2.05) is 0 Å². The quantitative estimate of drug-likeness (QED) is 0.899. The van der Waals surface area contributed by atoms with E-state index in [9.17, 15) is 9.59 Å². The summed E-state index contributed by atoms with van der Waals surface area (Å²) >= 11 is 0. The van der Waals surface area contributed by atoms with E-state index in [0.717, 1.165) is 0 Å². The highest BCUT2D eigenvalue weighted by Crippen LogP contribution is 2.34. The number of carbonyl (C=O) groups is 2. The highest BCUT2D eigenvalue weighted by Gasteiger charge is 2.35. The zero-order chi connectivity index (χ0) is 15.0. The van der Waals surface area contributed by atoms with Crippen molar-refractivity contribution in [1.29, 1.82) is 0 Å². The Morgan fingerprint density at radius 2 is 2.14 bits per heavy atom. The predicted octanol–water partition coefficient (Wildman–Crippen LogP) is 1.48. The van der Waals surface area contributed by atoms with Gasteiger partial charge in [-0.2, -0.15) is 0 Å². The molecule has 1 aliphatic rings. The number of hydrogen-bond acceptors (Lipinski definition) is 5. The Morgan fingerprint density at radius 3 is 2.81 bits per heavy atom. The molecule has 7 nitrogen and oxygen atoms in total. The number of hydrogen-bond donors (Lipinski definition) is 1. The molecule has 1 N–H and O–H groups in total. The van der Waals surface area contributed by atoms with Crippen LogP contribution in [0, 0.1) is 6.92 Å². The maximum absolute atomic E-state index is 12.5. The summed E-state index contributed by atoms with van der Waals surface area (Å²) < 4.78 is 10.3. The van der Waals surface area contributed by atoms with Gasteiger partial charge >= 0.3 is 5.97 Å². The van der Waals surface area contributed by atoms with E-state index in [1.54, 1.807) is 31.2 Å². The van der Waals surface area contributed by atoms with E-state index in [2.05, 4.69) is 5.16 Å². The number of aryl methyl sites for hydroxylation is 1. The number of carboxylic acid groups (broad SMARTS) is 1. The van der Waals surface area contributed by atoms with Gasteiger partial charge in [0.2, 0.25) is 11.9 Å². The second-order valence-electron chi connectivity index (χ2n) is 4.66. The van der Waals surface area contributed by atoms with Gasteiger partial charge in [-0.25, -0.2) is 4.79 Å². The third-order valence-corrected chi connectivity index (χ3v) is 3.13. The second kappa shape index (κ2) is 4.93. The smallest absolute Gasteiger partial charge is 0.346 e. The molecule has 1 aromatic heterocycles. The Hall–Kier alpha value is -2.83. The van der Waals surface area contributed by atoms with E-state index in [0.29, 0.717) is 17.1 Å². The van der Waals surface area contributed by atoms with Gasteiger partial charge in [-0.1, -0.05) is 17.3 Å². The van der Waals surface area contributed by atoms with Crippen LogP contribution in [0.15, 0.2) is 34.9 Å². The molecule has 1 atom stereocenters. The van der Waals surface area contributed by atoms with Gasteiger partial charge in [-0.05, 0) is 19.1 Å². The van der Waals surface area contributed by atoms with Gasteiger partial charge < -0.3 is 14.4 Å². The summed E-state index contributed by atoms with van der Waals surface area (Å²) in [6.45, 7) is 1.61. The van der Waals surface area contributed by atoms with Crippen molar-refractivity contribution in [3.63, 3.8) is 0 Å². The average molecular weight is 288 g/mol. The zero-order valence-electron chi connectivity index (χ0n) is 11.1. The van der Waals surface area contributed by atoms with Crippen LogP contribution in [-0.2, 0) is 4.79 Å². The van der Waals surface area contributed by atoms with Crippen LogP contribution in [-0.4, -0.2) is 34.8 Å². The molecular formula is C14H12N2O5. The van der Waals surface area contributed by atoms with Crippen molar-refractivity contribution >= 4 is 17.6 Å². The Kier molecular flexibility index (Phi) is 3.09. The Balaban J connectivity index is 2.00. The monoisotopic (exact) mass is 288 g/mol. The summed E-state index contributed by atoms with van der Waals surface area (Å²) in [5, 5.41) is 12.8. The minimum atomic E-state index is -1.13. The van der Waals surface area contributed by atoms with Gasteiger partial charge in [-0.15, -0.1) is 0 Å². The normalized spacial score (nSPS) is 17.0. The molecule has 0 saturated carbocycles. The molecule has 1 amide bonds. The highest BCUT2D eigenvalue weighted by atomic mass is 16.5. The van der Waals surface area contributed by atoms with Crippen molar-refractivity contribution in [3.8, 4) is 5.75 Å². The molecule has 0 radical (unpaired) electrons. The number of nitrogens with zero attached hydrogens (tertiary/aromatic N) is 2. The second-order valence-corrected chi connectivity index (χ2v) is 4.66. The Morgan fingerprint density at radius 1 is 1.38 bits per heavy atom. The third kappa shape index (κ3) is 2.33. The highest BCUT2D eigenvalue weighted by molar-refractivity contribution is 6.06. The minimum absolute atomic E-state index is 0.0633. The van der Waals surface area contributed by atoms with E-state index in [4.69, 9.17) is 14.4 Å². The van der Waals surface area contributed by atoms with Crippen LogP contribution in [0.4, 0.5) is 5.69 Å². The first-order chi connectivity index (χ1) is 10.1. The number of fused-ring (bicyclic) bond motifs is 1. The molecular weight excluding hydrogens is 276 g/mol. The maximum Gasteiger partial charge on any atom is 0.346 e. The Bertz CT molecular complexity index is 709. The summed E-state index contributed by atoms with van der Waals surface area (Å²) in [4.78, 5) is 25.0. The van der Waals surface area contributed by atoms with Crippen molar-refractivity contribution in [3.05, 3.63) is 41.8 Å². The number of benzene rings is 1. The number of rotatable bonds is 2. The summed E-state index contributed by atoms with van der Waals surface area (Å²) in [5.41, 5.74) is 1.09. The molecule has 3 rings (SSSR count). The van der Waals surface area contributed by atoms with Crippen LogP contribution in [0.1, 0.15) is 16.2 Å². The van der Waals surface area contributed by atoms with Crippen molar-refractivity contribution in [2.24, 2.45) is 0 Å². The first kappa shape index (κ1) is 13.2. The van der Waals surface area contributed by atoms with Gasteiger partial charge in [0.1, 0.15) is 5.75 Å². The number of carboxylic acids is 1. The lowest BCUT2D eigenvalue weighted by Gasteiger charge is -2.32. The largest absolute Gasteiger partial charge is 0.478 e. The molecule has 2 heterocycles. The Labute approximate surface area is 119 Å². The number of anilines is 1. The lowest BCUT2D eigenvalue weighted by Crippen LogP contribution is -2.47. The number of carbonyl (C=O) groups excluding carboxylic acids is 1. The van der Waals surface area contributed by atoms with Crippen molar-refractivity contribution in [1.82, 2.24) is 5.16 Å². The van der Waals surface area contributed by atoms with Crippen molar-refractivity contribution < 1.29 is 24.0 Å². The predicted molar refractivity (Wildman–Crippen MR) is 71.4 cm³/mol. The molecule has 2 aromatic rings. The van der Waals surface area contributed by atoms with Gasteiger partial charge in [0.25, 0.3) is 5.91 Å². The van der Waals surface area contributed by atoms with Crippen molar-refractivity contribution in [2.45, 2.75) is 13.0 Å². The van der Waals surface area contributed by atoms with Gasteiger partial charge in [-0.3, -0.25) is 9.69 Å². The SMILES string of the molecule is Cc1cc(C(=O)N2CC(C(=O)O)Oc3ccccc32)on1. The van der Waals surface area contributed by atoms with E-state index in [1.165, 1.54) is 11.0 Å². The van der Waals surface area contributed by atoms with Gasteiger partial charge in [0, 0.05) is 6.07 Å². The number of aromatic nitrogens is 1. The van der Waals surface area contributed by atoms with Crippen molar-refractivity contribution in [2.75, 3.05) is 11.4 Å². The fraction of sp³-hybridized carbons (Fsp3) is 0.214. The average Bonchev–Trinajstić information content (AvgIpc) is 2.92. The zero-order valence-corrected chi connectivity index (χ0v) is 11.1. The van der Waals surface area contributed by atoms with Crippen LogP contribution in [0.3, 0.4) is 0 Å². The number of ether oxygens (including phenoxy) is 1. The molecule has 0 spiro atoms. The number of para-hydroxylation sites is 2. The number of amides is 1.